The number of primary sulfonamides is 1. The quantitative estimate of drug-likeness (QED) is 0.220. The summed E-state index contributed by atoms with van der Waals surface area (Å²) in [5.74, 6) is -0.161. The van der Waals surface area contributed by atoms with Gasteiger partial charge in [0.15, 0.2) is 5.69 Å². The number of nitrogens with one attached hydrogen (secondary N) is 1. The summed E-state index contributed by atoms with van der Waals surface area (Å²) in [6.07, 6.45) is 0. The van der Waals surface area contributed by atoms with Gasteiger partial charge in [0.25, 0.3) is 0 Å². The number of rotatable bonds is 5. The van der Waals surface area contributed by atoms with E-state index in [0.29, 0.717) is 33.2 Å². The van der Waals surface area contributed by atoms with Crippen molar-refractivity contribution < 1.29 is 13.5 Å². The predicted octanol–water partition coefficient (Wildman–Crippen LogP) is 5.83. The lowest BCUT2D eigenvalue weighted by atomic mass is 10.2. The molecule has 0 fully saturated rings. The first-order valence-electron chi connectivity index (χ1n) is 9.73. The van der Waals surface area contributed by atoms with Gasteiger partial charge in [0.2, 0.25) is 21.0 Å². The Labute approximate surface area is 210 Å². The fourth-order valence-corrected chi connectivity index (χ4v) is 4.70. The number of thiocarbonyl (C=S) groups is 1. The van der Waals surface area contributed by atoms with Crippen molar-refractivity contribution in [2.45, 2.75) is 11.4 Å². The first kappa shape index (κ1) is 24.1. The van der Waals surface area contributed by atoms with Crippen LogP contribution in [-0.2, 0) is 16.6 Å². The van der Waals surface area contributed by atoms with Crippen LogP contribution in [0.1, 0.15) is 5.56 Å². The van der Waals surface area contributed by atoms with Crippen LogP contribution in [0.4, 0.5) is 11.4 Å². The first-order valence-corrected chi connectivity index (χ1v) is 12.4. The normalized spacial score (nSPS) is 11.9. The molecule has 4 aromatic rings. The molecule has 3 aromatic carbocycles. The van der Waals surface area contributed by atoms with Crippen LogP contribution in [0.15, 0.2) is 81.9 Å². The third-order valence-electron chi connectivity index (χ3n) is 4.86. The fraction of sp³-hybridized carbons (Fsp3) is 0.0455. The van der Waals surface area contributed by atoms with E-state index in [-0.39, 0.29) is 21.6 Å². The highest BCUT2D eigenvalue weighted by Gasteiger charge is 2.20. The number of hydrogen-bond donors (Lipinski definition) is 3. The topological polar surface area (TPSA) is 122 Å². The highest BCUT2D eigenvalue weighted by molar-refractivity contribution is 7.89. The molecule has 34 heavy (non-hydrogen) atoms. The number of hydrogen-bond acceptors (Lipinski definition) is 5. The number of halogens is 2. The maximum Gasteiger partial charge on any atom is 0.238 e. The summed E-state index contributed by atoms with van der Waals surface area (Å²) < 4.78 is 24.7. The molecule has 8 nitrogen and oxygen atoms in total. The smallest absolute Gasteiger partial charge is 0.238 e. The number of benzene rings is 3. The standard InChI is InChI=1S/C22H17Cl2N5O3S2/c23-14-9-17-19(27-28-22(33)26-15-7-4-8-16(11-15)34(25,31)32)21(30)29(20(17)18(24)10-14)12-13-5-2-1-3-6-13/h1-11,30H,12H2,(H,26,33)(H2,25,31,32). The molecule has 4 rings (SSSR count). The van der Waals surface area contributed by atoms with Crippen molar-refractivity contribution in [3.63, 3.8) is 0 Å². The summed E-state index contributed by atoms with van der Waals surface area (Å²) in [5.41, 5.74) is 1.98. The van der Waals surface area contributed by atoms with E-state index in [4.69, 9.17) is 40.6 Å². The number of aromatic hydroxyl groups is 1. The van der Waals surface area contributed by atoms with E-state index in [2.05, 4.69) is 15.5 Å². The first-order chi connectivity index (χ1) is 16.1. The van der Waals surface area contributed by atoms with E-state index < -0.39 is 10.0 Å². The molecule has 12 heteroatoms. The van der Waals surface area contributed by atoms with Crippen LogP contribution in [-0.4, -0.2) is 23.2 Å². The van der Waals surface area contributed by atoms with Gasteiger partial charge in [-0.05, 0) is 48.1 Å². The highest BCUT2D eigenvalue weighted by atomic mass is 35.5. The van der Waals surface area contributed by atoms with Gasteiger partial charge in [-0.3, -0.25) is 0 Å². The molecule has 0 bridgehead atoms. The Kier molecular flexibility index (Phi) is 6.87. The average molecular weight is 534 g/mol. The maximum atomic E-state index is 11.6. The second-order valence-corrected chi connectivity index (χ2v) is 10.0. The largest absolute Gasteiger partial charge is 0.493 e. The Morgan fingerprint density at radius 3 is 2.53 bits per heavy atom. The SMILES string of the molecule is NS(=O)(=O)c1cccc(NC(=S)N=Nc2c(O)n(Cc3ccccc3)c3c(Cl)cc(Cl)cc23)c1. The van der Waals surface area contributed by atoms with Crippen LogP contribution in [0.25, 0.3) is 10.9 Å². The molecule has 0 atom stereocenters. The van der Waals surface area contributed by atoms with E-state index in [9.17, 15) is 13.5 Å². The Hall–Kier alpha value is -3.02. The van der Waals surface area contributed by atoms with Crippen LogP contribution in [0.5, 0.6) is 5.88 Å². The molecule has 0 aliphatic rings. The molecular weight excluding hydrogens is 517 g/mol. The molecule has 0 aliphatic carbocycles. The minimum atomic E-state index is -3.88. The molecule has 1 aromatic heterocycles. The molecule has 0 saturated carbocycles. The Bertz CT molecular complexity index is 1540. The van der Waals surface area contributed by atoms with Crippen LogP contribution < -0.4 is 10.5 Å². The van der Waals surface area contributed by atoms with Crippen LogP contribution in [0.2, 0.25) is 10.0 Å². The van der Waals surface area contributed by atoms with Crippen molar-refractivity contribution >= 4 is 72.8 Å². The van der Waals surface area contributed by atoms with Gasteiger partial charge < -0.3 is 15.0 Å². The van der Waals surface area contributed by atoms with E-state index in [1.807, 2.05) is 30.3 Å². The summed E-state index contributed by atoms with van der Waals surface area (Å²) in [5, 5.41) is 28.2. The van der Waals surface area contributed by atoms with Crippen molar-refractivity contribution in [2.75, 3.05) is 5.32 Å². The predicted molar refractivity (Wildman–Crippen MR) is 138 cm³/mol. The molecule has 0 amide bonds. The van der Waals surface area contributed by atoms with Gasteiger partial charge >= 0.3 is 0 Å². The van der Waals surface area contributed by atoms with E-state index in [0.717, 1.165) is 5.56 Å². The lowest BCUT2D eigenvalue weighted by Crippen LogP contribution is -2.13. The second kappa shape index (κ2) is 9.69. The van der Waals surface area contributed by atoms with Crippen molar-refractivity contribution in [3.8, 4) is 5.88 Å². The molecular formula is C22H17Cl2N5O3S2. The molecule has 0 unspecified atom stereocenters. The number of fused-ring (bicyclic) bond motifs is 1. The lowest BCUT2D eigenvalue weighted by Gasteiger charge is -2.08. The molecule has 0 aliphatic heterocycles. The van der Waals surface area contributed by atoms with E-state index in [1.54, 1.807) is 22.8 Å². The van der Waals surface area contributed by atoms with Crippen molar-refractivity contribution in [2.24, 2.45) is 15.4 Å². The average Bonchev–Trinajstić information content (AvgIpc) is 3.03. The van der Waals surface area contributed by atoms with Crippen LogP contribution >= 0.6 is 35.4 Å². The lowest BCUT2D eigenvalue weighted by molar-refractivity contribution is 0.429. The summed E-state index contributed by atoms with van der Waals surface area (Å²) in [7, 11) is -3.88. The van der Waals surface area contributed by atoms with Crippen molar-refractivity contribution in [1.29, 1.82) is 0 Å². The van der Waals surface area contributed by atoms with Crippen LogP contribution in [0.3, 0.4) is 0 Å². The fourth-order valence-electron chi connectivity index (χ4n) is 3.39. The summed E-state index contributed by atoms with van der Waals surface area (Å²) in [6.45, 7) is 0.336. The molecule has 4 N–H and O–H groups in total. The van der Waals surface area contributed by atoms with Gasteiger partial charge in [-0.25, -0.2) is 13.6 Å². The maximum absolute atomic E-state index is 11.6. The van der Waals surface area contributed by atoms with Crippen molar-refractivity contribution in [3.05, 3.63) is 82.3 Å². The summed E-state index contributed by atoms with van der Waals surface area (Å²) >= 11 is 17.9. The van der Waals surface area contributed by atoms with Crippen LogP contribution in [0, 0.1) is 0 Å². The minimum Gasteiger partial charge on any atom is -0.493 e. The van der Waals surface area contributed by atoms with Gasteiger partial charge in [-0.1, -0.05) is 59.6 Å². The third-order valence-corrected chi connectivity index (χ3v) is 6.46. The molecule has 0 spiro atoms. The Morgan fingerprint density at radius 1 is 1.09 bits per heavy atom. The molecule has 0 saturated heterocycles. The summed E-state index contributed by atoms with van der Waals surface area (Å²) in [4.78, 5) is -0.0804. The number of aromatic nitrogens is 1. The number of sulfonamides is 1. The van der Waals surface area contributed by atoms with Gasteiger partial charge in [0.05, 0.1) is 22.0 Å². The van der Waals surface area contributed by atoms with Crippen molar-refractivity contribution in [1.82, 2.24) is 4.57 Å². The summed E-state index contributed by atoms with van der Waals surface area (Å²) in [6, 6.07) is 18.5. The zero-order valence-corrected chi connectivity index (χ0v) is 20.5. The van der Waals surface area contributed by atoms with Gasteiger partial charge in [0.1, 0.15) is 0 Å². The Morgan fingerprint density at radius 2 is 1.82 bits per heavy atom. The second-order valence-electron chi connectivity index (χ2n) is 7.23. The third kappa shape index (κ3) is 5.21. The number of azo groups is 1. The minimum absolute atomic E-state index is 0.0666. The number of nitrogens with two attached hydrogens (primary N) is 1. The zero-order chi connectivity index (χ0) is 24.5. The van der Waals surface area contributed by atoms with E-state index >= 15 is 0 Å². The zero-order valence-electron chi connectivity index (χ0n) is 17.3. The van der Waals surface area contributed by atoms with Gasteiger partial charge in [0, 0.05) is 16.1 Å². The molecule has 174 valence electrons. The van der Waals surface area contributed by atoms with Gasteiger partial charge in [-0.2, -0.15) is 0 Å². The van der Waals surface area contributed by atoms with E-state index in [1.165, 1.54) is 18.2 Å². The molecule has 1 heterocycles. The number of nitrogens with zero attached hydrogens (tertiary/aromatic N) is 3. The Balaban J connectivity index is 1.69. The van der Waals surface area contributed by atoms with Gasteiger partial charge in [-0.15, -0.1) is 10.2 Å². The number of anilines is 1. The monoisotopic (exact) mass is 533 g/mol. The highest BCUT2D eigenvalue weighted by Crippen LogP contribution is 2.43. The molecule has 0 radical (unpaired) electrons.